The highest BCUT2D eigenvalue weighted by atomic mass is 32.2. The van der Waals surface area contributed by atoms with Gasteiger partial charge in [0.1, 0.15) is 5.82 Å². The molecule has 0 saturated carbocycles. The summed E-state index contributed by atoms with van der Waals surface area (Å²) >= 11 is 0. The van der Waals surface area contributed by atoms with Crippen LogP contribution in [0.5, 0.6) is 0 Å². The van der Waals surface area contributed by atoms with Gasteiger partial charge in [-0.3, -0.25) is 0 Å². The van der Waals surface area contributed by atoms with Crippen LogP contribution < -0.4 is 4.90 Å². The summed E-state index contributed by atoms with van der Waals surface area (Å²) in [6.45, 7) is 1.27. The monoisotopic (exact) mass is 515 g/mol. The van der Waals surface area contributed by atoms with Crippen molar-refractivity contribution >= 4 is 27.1 Å². The van der Waals surface area contributed by atoms with E-state index in [0.29, 0.717) is 41.9 Å². The van der Waals surface area contributed by atoms with Crippen LogP contribution >= 0.6 is 0 Å². The summed E-state index contributed by atoms with van der Waals surface area (Å²) in [5.74, 6) is 1.04. The molecule has 1 aliphatic rings. The number of aromatic nitrogens is 3. The predicted octanol–water partition coefficient (Wildman–Crippen LogP) is 4.60. The Kier molecular flexibility index (Phi) is 5.90. The van der Waals surface area contributed by atoms with Crippen molar-refractivity contribution in [3.8, 4) is 22.8 Å². The zero-order valence-corrected chi connectivity index (χ0v) is 20.5. The molecule has 0 radical (unpaired) electrons. The van der Waals surface area contributed by atoms with Gasteiger partial charge >= 0.3 is 0 Å². The van der Waals surface area contributed by atoms with Crippen LogP contribution in [0, 0.1) is 5.82 Å². The number of hydrogen-bond acceptors (Lipinski definition) is 7. The van der Waals surface area contributed by atoms with E-state index in [9.17, 15) is 12.8 Å². The molecule has 0 spiro atoms. The van der Waals surface area contributed by atoms with Crippen molar-refractivity contribution in [3.05, 3.63) is 90.7 Å². The largest absolute Gasteiger partial charge is 0.430 e. The van der Waals surface area contributed by atoms with Crippen LogP contribution in [-0.4, -0.2) is 53.9 Å². The fraction of sp³-hybridized carbons (Fsp3) is 0.148. The summed E-state index contributed by atoms with van der Waals surface area (Å²) in [6, 6.07) is 24.1. The zero-order chi connectivity index (χ0) is 25.4. The molecule has 0 atom stereocenters. The Morgan fingerprint density at radius 1 is 0.730 bits per heavy atom. The van der Waals surface area contributed by atoms with E-state index < -0.39 is 15.8 Å². The van der Waals surface area contributed by atoms with Gasteiger partial charge in [0.05, 0.1) is 4.90 Å². The highest BCUT2D eigenvalue weighted by Gasteiger charge is 2.31. The van der Waals surface area contributed by atoms with Crippen molar-refractivity contribution in [3.63, 3.8) is 0 Å². The van der Waals surface area contributed by atoms with Crippen molar-refractivity contribution in [2.75, 3.05) is 31.1 Å². The third-order valence-electron chi connectivity index (χ3n) is 6.28. The van der Waals surface area contributed by atoms with Gasteiger partial charge in [0.2, 0.25) is 27.1 Å². The average molecular weight is 516 g/mol. The topological polar surface area (TPSA) is 92.4 Å². The number of oxazole rings is 1. The molecule has 2 aromatic heterocycles. The molecule has 0 aliphatic carbocycles. The van der Waals surface area contributed by atoms with E-state index in [0.717, 1.165) is 23.3 Å². The van der Waals surface area contributed by atoms with E-state index in [1.54, 1.807) is 0 Å². The lowest BCUT2D eigenvalue weighted by molar-refractivity contribution is 0.383. The lowest BCUT2D eigenvalue weighted by Gasteiger charge is -2.34. The molecule has 6 rings (SSSR count). The van der Waals surface area contributed by atoms with Gasteiger partial charge in [-0.15, -0.1) is 0 Å². The standard InChI is InChI=1S/C27H22FN5O3S/c28-21-11-13-22(14-12-21)37(34,35)33-17-15-32(16-18-33)26-23-25(29-24(30-26)19-7-3-1-4-8-19)31-27(36-23)20-9-5-2-6-10-20/h1-14H,15-18H2. The predicted molar refractivity (Wildman–Crippen MR) is 138 cm³/mol. The molecule has 1 fully saturated rings. The SMILES string of the molecule is O=S(=O)(c1ccc(F)cc1)N1CCN(c2nc(-c3ccccc3)nc3nc(-c4ccccc4)oc23)CC1. The van der Waals surface area contributed by atoms with E-state index in [4.69, 9.17) is 9.40 Å². The van der Waals surface area contributed by atoms with Crippen molar-refractivity contribution in [1.29, 1.82) is 0 Å². The molecule has 1 aliphatic heterocycles. The third-order valence-corrected chi connectivity index (χ3v) is 8.19. The zero-order valence-electron chi connectivity index (χ0n) is 19.7. The molecular formula is C27H22FN5O3S. The Morgan fingerprint density at radius 3 is 2.00 bits per heavy atom. The van der Waals surface area contributed by atoms with Crippen LogP contribution in [0.4, 0.5) is 10.2 Å². The second-order valence-corrected chi connectivity index (χ2v) is 10.6. The van der Waals surface area contributed by atoms with E-state index in [2.05, 4.69) is 9.97 Å². The van der Waals surface area contributed by atoms with E-state index in [-0.39, 0.29) is 18.0 Å². The lowest BCUT2D eigenvalue weighted by Crippen LogP contribution is -2.49. The Bertz CT molecular complexity index is 1650. The summed E-state index contributed by atoms with van der Waals surface area (Å²) in [5.41, 5.74) is 2.55. The molecule has 0 bridgehead atoms. The quantitative estimate of drug-likeness (QED) is 0.338. The summed E-state index contributed by atoms with van der Waals surface area (Å²) in [7, 11) is -3.74. The number of fused-ring (bicyclic) bond motifs is 1. The van der Waals surface area contributed by atoms with Crippen molar-refractivity contribution in [1.82, 2.24) is 19.3 Å². The fourth-order valence-corrected chi connectivity index (χ4v) is 5.76. The number of rotatable bonds is 5. The highest BCUT2D eigenvalue weighted by molar-refractivity contribution is 7.89. The van der Waals surface area contributed by atoms with Crippen LogP contribution in [0.3, 0.4) is 0 Å². The first-order valence-corrected chi connectivity index (χ1v) is 13.2. The number of sulfonamides is 1. The summed E-state index contributed by atoms with van der Waals surface area (Å²) in [5, 5.41) is 0. The summed E-state index contributed by atoms with van der Waals surface area (Å²) < 4.78 is 47.0. The van der Waals surface area contributed by atoms with Gasteiger partial charge in [-0.1, -0.05) is 48.5 Å². The minimum atomic E-state index is -3.74. The van der Waals surface area contributed by atoms with E-state index >= 15 is 0 Å². The number of halogens is 1. The summed E-state index contributed by atoms with van der Waals surface area (Å²) in [4.78, 5) is 16.2. The third kappa shape index (κ3) is 4.45. The first-order valence-electron chi connectivity index (χ1n) is 11.8. The van der Waals surface area contributed by atoms with Gasteiger partial charge in [0, 0.05) is 37.3 Å². The maximum Gasteiger partial charge on any atom is 0.243 e. The highest BCUT2D eigenvalue weighted by Crippen LogP contribution is 2.32. The van der Waals surface area contributed by atoms with Crippen LogP contribution in [0.25, 0.3) is 34.1 Å². The van der Waals surface area contributed by atoms with Gasteiger partial charge in [0.15, 0.2) is 11.6 Å². The van der Waals surface area contributed by atoms with Gasteiger partial charge < -0.3 is 9.32 Å². The maximum absolute atomic E-state index is 13.3. The molecule has 186 valence electrons. The molecule has 3 heterocycles. The average Bonchev–Trinajstić information content (AvgIpc) is 3.38. The molecule has 0 amide bonds. The molecular weight excluding hydrogens is 493 g/mol. The molecule has 0 N–H and O–H groups in total. The Balaban J connectivity index is 1.35. The Hall–Kier alpha value is -4.15. The number of benzene rings is 3. The first kappa shape index (κ1) is 23.3. The smallest absolute Gasteiger partial charge is 0.243 e. The molecule has 3 aromatic carbocycles. The van der Waals surface area contributed by atoms with Crippen molar-refractivity contribution in [2.24, 2.45) is 0 Å². The molecule has 8 nitrogen and oxygen atoms in total. The second kappa shape index (κ2) is 9.38. The van der Waals surface area contributed by atoms with E-state index in [1.807, 2.05) is 65.6 Å². The fourth-order valence-electron chi connectivity index (χ4n) is 4.34. The molecule has 37 heavy (non-hydrogen) atoms. The minimum Gasteiger partial charge on any atom is -0.430 e. The van der Waals surface area contributed by atoms with Gasteiger partial charge in [-0.2, -0.15) is 9.29 Å². The van der Waals surface area contributed by atoms with Gasteiger partial charge in [-0.05, 0) is 36.4 Å². The van der Waals surface area contributed by atoms with Crippen molar-refractivity contribution < 1.29 is 17.2 Å². The van der Waals surface area contributed by atoms with Crippen molar-refractivity contribution in [2.45, 2.75) is 4.90 Å². The van der Waals surface area contributed by atoms with Gasteiger partial charge in [-0.25, -0.2) is 22.8 Å². The van der Waals surface area contributed by atoms with Crippen LogP contribution in [0.2, 0.25) is 0 Å². The molecule has 5 aromatic rings. The van der Waals surface area contributed by atoms with Gasteiger partial charge in [0.25, 0.3) is 0 Å². The number of anilines is 1. The number of nitrogens with zero attached hydrogens (tertiary/aromatic N) is 5. The normalized spacial score (nSPS) is 14.8. The summed E-state index contributed by atoms with van der Waals surface area (Å²) in [6.07, 6.45) is 0. The van der Waals surface area contributed by atoms with Crippen LogP contribution in [-0.2, 0) is 10.0 Å². The minimum absolute atomic E-state index is 0.0703. The Morgan fingerprint density at radius 2 is 1.35 bits per heavy atom. The van der Waals surface area contributed by atoms with E-state index in [1.165, 1.54) is 16.4 Å². The molecule has 1 saturated heterocycles. The van der Waals surface area contributed by atoms with Crippen LogP contribution in [0.1, 0.15) is 0 Å². The lowest BCUT2D eigenvalue weighted by atomic mass is 10.2. The molecule has 10 heteroatoms. The van der Waals surface area contributed by atoms with Crippen LogP contribution in [0.15, 0.2) is 94.2 Å². The number of piperazine rings is 1. The first-order chi connectivity index (χ1) is 18.0. The Labute approximate surface area is 213 Å². The molecule has 0 unspecified atom stereocenters. The second-order valence-electron chi connectivity index (χ2n) is 8.62. The maximum atomic E-state index is 13.3. The number of hydrogen-bond donors (Lipinski definition) is 0.